The predicted molar refractivity (Wildman–Crippen MR) is 81.3 cm³/mol. The van der Waals surface area contributed by atoms with Crippen LogP contribution in [0.5, 0.6) is 0 Å². The molecule has 4 nitrogen and oxygen atoms in total. The van der Waals surface area contributed by atoms with Crippen molar-refractivity contribution in [1.29, 1.82) is 0 Å². The van der Waals surface area contributed by atoms with Crippen molar-refractivity contribution in [2.45, 2.75) is 25.4 Å². The Balaban J connectivity index is 1.57. The highest BCUT2D eigenvalue weighted by atomic mass is 19.4. The zero-order valence-electron chi connectivity index (χ0n) is 13.2. The van der Waals surface area contributed by atoms with Crippen molar-refractivity contribution in [2.24, 2.45) is 5.92 Å². The van der Waals surface area contributed by atoms with Gasteiger partial charge in [-0.05, 0) is 37.1 Å². The van der Waals surface area contributed by atoms with Gasteiger partial charge in [-0.3, -0.25) is 9.59 Å². The van der Waals surface area contributed by atoms with Crippen molar-refractivity contribution in [3.8, 4) is 0 Å². The van der Waals surface area contributed by atoms with Crippen LogP contribution >= 0.6 is 0 Å². The summed E-state index contributed by atoms with van der Waals surface area (Å²) in [5, 5.41) is 0. The Morgan fingerprint density at radius 1 is 0.917 bits per heavy atom. The molecule has 1 aliphatic carbocycles. The fourth-order valence-electron chi connectivity index (χ4n) is 3.03. The first-order valence-corrected chi connectivity index (χ1v) is 8.11. The highest BCUT2D eigenvalue weighted by Crippen LogP contribution is 2.30. The second-order valence-corrected chi connectivity index (χ2v) is 6.32. The van der Waals surface area contributed by atoms with Gasteiger partial charge in [-0.25, -0.2) is 0 Å². The van der Waals surface area contributed by atoms with E-state index in [1.807, 2.05) is 0 Å². The molecule has 1 aromatic carbocycles. The first-order valence-electron chi connectivity index (χ1n) is 8.11. The summed E-state index contributed by atoms with van der Waals surface area (Å²) in [4.78, 5) is 27.9. The maximum atomic E-state index is 12.6. The van der Waals surface area contributed by atoms with Crippen LogP contribution < -0.4 is 0 Å². The number of benzene rings is 1. The third-order valence-corrected chi connectivity index (χ3v) is 4.79. The number of hydrogen-bond donors (Lipinski definition) is 0. The first-order chi connectivity index (χ1) is 11.4. The molecule has 1 saturated carbocycles. The molecule has 2 aliphatic rings. The number of carbonyl (C=O) groups is 2. The maximum Gasteiger partial charge on any atom is 0.416 e. The second-order valence-electron chi connectivity index (χ2n) is 6.32. The van der Waals surface area contributed by atoms with Crippen LogP contribution in [0.2, 0.25) is 0 Å². The van der Waals surface area contributed by atoms with E-state index in [0.29, 0.717) is 26.2 Å². The number of nitrogens with zero attached hydrogens (tertiary/aromatic N) is 2. The lowest BCUT2D eigenvalue weighted by Crippen LogP contribution is -2.52. The molecule has 2 fully saturated rings. The number of carbonyl (C=O) groups excluding carboxylic acids is 2. The molecule has 0 unspecified atom stereocenters. The van der Waals surface area contributed by atoms with Crippen LogP contribution in [0.3, 0.4) is 0 Å². The van der Waals surface area contributed by atoms with Crippen LogP contribution in [0.25, 0.3) is 0 Å². The van der Waals surface area contributed by atoms with Gasteiger partial charge in [0.1, 0.15) is 0 Å². The summed E-state index contributed by atoms with van der Waals surface area (Å²) >= 11 is 0. The second kappa shape index (κ2) is 6.45. The molecule has 0 radical (unpaired) electrons. The van der Waals surface area contributed by atoms with Gasteiger partial charge in [-0.15, -0.1) is 0 Å². The van der Waals surface area contributed by atoms with Gasteiger partial charge in [-0.2, -0.15) is 13.2 Å². The molecule has 1 aromatic rings. The highest BCUT2D eigenvalue weighted by Gasteiger charge is 2.33. The van der Waals surface area contributed by atoms with E-state index in [1.165, 1.54) is 12.1 Å². The Labute approximate surface area is 138 Å². The quantitative estimate of drug-likeness (QED) is 0.831. The molecule has 0 bridgehead atoms. The van der Waals surface area contributed by atoms with Gasteiger partial charge in [0.25, 0.3) is 5.91 Å². The van der Waals surface area contributed by atoms with Crippen LogP contribution in [0.4, 0.5) is 13.2 Å². The van der Waals surface area contributed by atoms with Crippen molar-refractivity contribution in [2.75, 3.05) is 26.2 Å². The highest BCUT2D eigenvalue weighted by molar-refractivity contribution is 5.94. The Hall–Kier alpha value is -2.05. The minimum atomic E-state index is -4.41. The molecule has 0 atom stereocenters. The lowest BCUT2D eigenvalue weighted by atomic mass is 9.84. The summed E-state index contributed by atoms with van der Waals surface area (Å²) in [5.74, 6) is 0.0181. The summed E-state index contributed by atoms with van der Waals surface area (Å²) < 4.78 is 37.7. The van der Waals surface area contributed by atoms with E-state index >= 15 is 0 Å². The van der Waals surface area contributed by atoms with E-state index < -0.39 is 11.7 Å². The topological polar surface area (TPSA) is 40.6 Å². The standard InChI is InChI=1S/C17H19F3N2O2/c18-17(19,20)14-6-4-13(5-7-14)16(24)22-10-8-21(9-11-22)15(23)12-2-1-3-12/h4-7,12H,1-3,8-11H2. The van der Waals surface area contributed by atoms with Crippen molar-refractivity contribution >= 4 is 11.8 Å². The lowest BCUT2D eigenvalue weighted by molar-refractivity contribution is -0.139. The summed E-state index contributed by atoms with van der Waals surface area (Å²) in [6.45, 7) is 1.81. The summed E-state index contributed by atoms with van der Waals surface area (Å²) in [6.07, 6.45) is -1.41. The molecule has 0 aromatic heterocycles. The molecule has 7 heteroatoms. The van der Waals surface area contributed by atoms with Gasteiger partial charge in [0.2, 0.25) is 5.91 Å². The zero-order valence-corrected chi connectivity index (χ0v) is 13.2. The Morgan fingerprint density at radius 2 is 1.46 bits per heavy atom. The molecule has 0 N–H and O–H groups in total. The molecule has 130 valence electrons. The Kier molecular flexibility index (Phi) is 4.51. The Morgan fingerprint density at radius 3 is 1.92 bits per heavy atom. The molecule has 1 heterocycles. The normalized spacial score (nSPS) is 19.1. The summed E-state index contributed by atoms with van der Waals surface area (Å²) in [7, 11) is 0. The number of piperazine rings is 1. The van der Waals surface area contributed by atoms with E-state index in [2.05, 4.69) is 0 Å². The summed E-state index contributed by atoms with van der Waals surface area (Å²) in [6, 6.07) is 4.25. The molecule has 1 saturated heterocycles. The molecule has 24 heavy (non-hydrogen) atoms. The molecule has 2 amide bonds. The van der Waals surface area contributed by atoms with E-state index in [9.17, 15) is 22.8 Å². The van der Waals surface area contributed by atoms with Gasteiger partial charge >= 0.3 is 6.18 Å². The fraction of sp³-hybridized carbons (Fsp3) is 0.529. The Bertz CT molecular complexity index is 616. The minimum absolute atomic E-state index is 0.141. The molecular formula is C17H19F3N2O2. The van der Waals surface area contributed by atoms with Gasteiger partial charge < -0.3 is 9.80 Å². The number of alkyl halides is 3. The van der Waals surface area contributed by atoms with Crippen LogP contribution in [-0.4, -0.2) is 47.8 Å². The number of hydrogen-bond acceptors (Lipinski definition) is 2. The molecule has 1 aliphatic heterocycles. The third-order valence-electron chi connectivity index (χ3n) is 4.79. The fourth-order valence-corrected chi connectivity index (χ4v) is 3.03. The number of amides is 2. The first kappa shape index (κ1) is 16.8. The van der Waals surface area contributed by atoms with Crippen molar-refractivity contribution in [3.63, 3.8) is 0 Å². The van der Waals surface area contributed by atoms with Crippen LogP contribution in [0.1, 0.15) is 35.2 Å². The van der Waals surface area contributed by atoms with E-state index in [1.54, 1.807) is 9.80 Å². The molecular weight excluding hydrogens is 321 g/mol. The van der Waals surface area contributed by atoms with E-state index in [4.69, 9.17) is 0 Å². The molecule has 0 spiro atoms. The average molecular weight is 340 g/mol. The SMILES string of the molecule is O=C(c1ccc(C(F)(F)F)cc1)N1CCN(C(=O)C2CCC2)CC1. The monoisotopic (exact) mass is 340 g/mol. The average Bonchev–Trinajstić information content (AvgIpc) is 2.52. The lowest BCUT2D eigenvalue weighted by Gasteiger charge is -2.38. The van der Waals surface area contributed by atoms with E-state index in [0.717, 1.165) is 31.4 Å². The summed E-state index contributed by atoms with van der Waals surface area (Å²) in [5.41, 5.74) is -0.531. The maximum absolute atomic E-state index is 12.6. The smallest absolute Gasteiger partial charge is 0.339 e. The van der Waals surface area contributed by atoms with Crippen LogP contribution in [-0.2, 0) is 11.0 Å². The van der Waals surface area contributed by atoms with Crippen molar-refractivity contribution in [3.05, 3.63) is 35.4 Å². The van der Waals surface area contributed by atoms with Gasteiger partial charge in [0, 0.05) is 37.7 Å². The van der Waals surface area contributed by atoms with Crippen LogP contribution in [0, 0.1) is 5.92 Å². The van der Waals surface area contributed by atoms with E-state index in [-0.39, 0.29) is 23.3 Å². The third kappa shape index (κ3) is 3.39. The largest absolute Gasteiger partial charge is 0.416 e. The zero-order chi connectivity index (χ0) is 17.3. The van der Waals surface area contributed by atoms with Crippen molar-refractivity contribution in [1.82, 2.24) is 9.80 Å². The number of halogens is 3. The molecule has 3 rings (SSSR count). The van der Waals surface area contributed by atoms with Gasteiger partial charge in [0.15, 0.2) is 0 Å². The van der Waals surface area contributed by atoms with Gasteiger partial charge in [0.05, 0.1) is 5.56 Å². The van der Waals surface area contributed by atoms with Gasteiger partial charge in [-0.1, -0.05) is 6.42 Å². The van der Waals surface area contributed by atoms with Crippen molar-refractivity contribution < 1.29 is 22.8 Å². The van der Waals surface area contributed by atoms with Crippen LogP contribution in [0.15, 0.2) is 24.3 Å². The number of rotatable bonds is 2. The minimum Gasteiger partial charge on any atom is -0.339 e. The predicted octanol–water partition coefficient (Wildman–Crippen LogP) is 2.79.